The van der Waals surface area contributed by atoms with E-state index in [1.165, 1.54) is 0 Å². The number of carbonyl (C=O) groups excluding carboxylic acids is 4. The minimum atomic E-state index is -1.01. The van der Waals surface area contributed by atoms with Crippen molar-refractivity contribution in [2.24, 2.45) is 0 Å². The van der Waals surface area contributed by atoms with Gasteiger partial charge in [-0.05, 0) is 18.6 Å². The zero-order valence-corrected chi connectivity index (χ0v) is 19.0. The summed E-state index contributed by atoms with van der Waals surface area (Å²) >= 11 is 0. The number of aromatic nitrogens is 2. The third-order valence-electron chi connectivity index (χ3n) is 6.43. The van der Waals surface area contributed by atoms with E-state index in [0.717, 1.165) is 36.6 Å². The fraction of sp³-hybridized carbons (Fsp3) is 0.375. The van der Waals surface area contributed by atoms with Crippen LogP contribution in [0.5, 0.6) is 5.75 Å². The SMILES string of the molecule is C#Cc1cnn(CCN2CCN(Oc3cccc4c3C(=O)N(C3CCC(=O)NC3=O)C4=O)CC2)c1. The molecule has 180 valence electrons. The van der Waals surface area contributed by atoms with Gasteiger partial charge in [-0.15, -0.1) is 11.5 Å². The first kappa shape index (κ1) is 22.8. The number of amides is 4. The van der Waals surface area contributed by atoms with Crippen molar-refractivity contribution in [3.8, 4) is 18.1 Å². The Morgan fingerprint density at radius 2 is 1.89 bits per heavy atom. The lowest BCUT2D eigenvalue weighted by molar-refractivity contribution is -0.136. The van der Waals surface area contributed by atoms with Gasteiger partial charge in [0.2, 0.25) is 11.8 Å². The number of piperazine rings is 1. The number of hydrogen-bond acceptors (Lipinski definition) is 8. The molecule has 4 amide bonds. The van der Waals surface area contributed by atoms with Crippen LogP contribution in [-0.4, -0.2) is 87.0 Å². The number of rotatable bonds is 6. The molecule has 2 aromatic rings. The predicted molar refractivity (Wildman–Crippen MR) is 122 cm³/mol. The molecule has 1 aromatic heterocycles. The van der Waals surface area contributed by atoms with Crippen molar-refractivity contribution in [2.45, 2.75) is 25.4 Å². The molecule has 3 aliphatic rings. The number of piperidine rings is 1. The lowest BCUT2D eigenvalue weighted by Crippen LogP contribution is -2.54. The molecule has 35 heavy (non-hydrogen) atoms. The molecule has 3 aliphatic heterocycles. The number of carbonyl (C=O) groups is 4. The van der Waals surface area contributed by atoms with Crippen molar-refractivity contribution in [1.29, 1.82) is 0 Å². The second-order valence-corrected chi connectivity index (χ2v) is 8.62. The third-order valence-corrected chi connectivity index (χ3v) is 6.43. The number of hydroxylamine groups is 2. The topological polar surface area (TPSA) is 117 Å². The molecule has 0 spiro atoms. The van der Waals surface area contributed by atoms with E-state index in [1.54, 1.807) is 29.5 Å². The average molecular weight is 476 g/mol. The molecule has 1 N–H and O–H groups in total. The van der Waals surface area contributed by atoms with Crippen molar-refractivity contribution < 1.29 is 24.0 Å². The Kier molecular flexibility index (Phi) is 6.07. The zero-order valence-electron chi connectivity index (χ0n) is 19.0. The first-order valence-electron chi connectivity index (χ1n) is 11.4. The zero-order chi connectivity index (χ0) is 24.5. The van der Waals surface area contributed by atoms with Crippen molar-refractivity contribution in [3.63, 3.8) is 0 Å². The molecule has 0 radical (unpaired) electrons. The van der Waals surface area contributed by atoms with Crippen LogP contribution >= 0.6 is 0 Å². The van der Waals surface area contributed by atoms with Gasteiger partial charge >= 0.3 is 0 Å². The molecule has 1 unspecified atom stereocenters. The van der Waals surface area contributed by atoms with E-state index in [9.17, 15) is 19.2 Å². The molecule has 5 rings (SSSR count). The Hall–Kier alpha value is -4.01. The van der Waals surface area contributed by atoms with Gasteiger partial charge in [0.05, 0.1) is 29.4 Å². The normalized spacial score (nSPS) is 21.1. The Morgan fingerprint density at radius 3 is 2.60 bits per heavy atom. The fourth-order valence-corrected chi connectivity index (χ4v) is 4.55. The van der Waals surface area contributed by atoms with Crippen LogP contribution in [-0.2, 0) is 16.1 Å². The molecule has 11 nitrogen and oxygen atoms in total. The van der Waals surface area contributed by atoms with Gasteiger partial charge in [0.25, 0.3) is 11.8 Å². The summed E-state index contributed by atoms with van der Waals surface area (Å²) in [6.45, 7) is 4.27. The number of imide groups is 2. The maximum atomic E-state index is 13.2. The second-order valence-electron chi connectivity index (χ2n) is 8.62. The number of hydrogen-bond donors (Lipinski definition) is 1. The number of benzene rings is 1. The molecule has 2 fully saturated rings. The van der Waals surface area contributed by atoms with Crippen LogP contribution in [0.4, 0.5) is 0 Å². The minimum absolute atomic E-state index is 0.0723. The maximum Gasteiger partial charge on any atom is 0.266 e. The van der Waals surface area contributed by atoms with Gasteiger partial charge in [-0.2, -0.15) is 5.10 Å². The van der Waals surface area contributed by atoms with Gasteiger partial charge in [-0.1, -0.05) is 12.0 Å². The first-order chi connectivity index (χ1) is 16.9. The van der Waals surface area contributed by atoms with Crippen molar-refractivity contribution in [1.82, 2.24) is 30.0 Å². The van der Waals surface area contributed by atoms with Crippen LogP contribution in [0.3, 0.4) is 0 Å². The van der Waals surface area contributed by atoms with Crippen LogP contribution < -0.4 is 10.2 Å². The van der Waals surface area contributed by atoms with Crippen molar-refractivity contribution in [2.75, 3.05) is 32.7 Å². The van der Waals surface area contributed by atoms with E-state index >= 15 is 0 Å². The van der Waals surface area contributed by atoms with Gasteiger partial charge < -0.3 is 4.84 Å². The summed E-state index contributed by atoms with van der Waals surface area (Å²) in [5, 5.41) is 8.21. The van der Waals surface area contributed by atoms with Gasteiger partial charge in [-0.3, -0.25) is 39.0 Å². The Balaban J connectivity index is 1.21. The summed E-state index contributed by atoms with van der Waals surface area (Å²) in [7, 11) is 0. The van der Waals surface area contributed by atoms with Gasteiger partial charge in [0.15, 0.2) is 5.75 Å². The highest BCUT2D eigenvalue weighted by Crippen LogP contribution is 2.34. The molecular formula is C24H24N6O5. The molecule has 1 atom stereocenters. The summed E-state index contributed by atoms with van der Waals surface area (Å²) in [6, 6.07) is 3.83. The quantitative estimate of drug-likeness (QED) is 0.453. The summed E-state index contributed by atoms with van der Waals surface area (Å²) in [6.07, 6.45) is 9.07. The number of nitrogens with one attached hydrogen (secondary N) is 1. The van der Waals surface area contributed by atoms with Crippen LogP contribution in [0.25, 0.3) is 0 Å². The van der Waals surface area contributed by atoms with Crippen molar-refractivity contribution >= 4 is 23.6 Å². The van der Waals surface area contributed by atoms with Crippen molar-refractivity contribution in [3.05, 3.63) is 47.3 Å². The fourth-order valence-electron chi connectivity index (χ4n) is 4.55. The minimum Gasteiger partial charge on any atom is -0.405 e. The lowest BCUT2D eigenvalue weighted by Gasteiger charge is -2.34. The van der Waals surface area contributed by atoms with E-state index in [1.807, 2.05) is 10.9 Å². The Bertz CT molecular complexity index is 1240. The smallest absolute Gasteiger partial charge is 0.266 e. The highest BCUT2D eigenvalue weighted by Gasteiger charge is 2.46. The van der Waals surface area contributed by atoms with E-state index in [0.29, 0.717) is 13.1 Å². The summed E-state index contributed by atoms with van der Waals surface area (Å²) in [5.74, 6) is 0.655. The molecule has 4 heterocycles. The van der Waals surface area contributed by atoms with Gasteiger partial charge in [-0.25, -0.2) is 0 Å². The highest BCUT2D eigenvalue weighted by atomic mass is 16.7. The number of terminal acetylenes is 1. The lowest BCUT2D eigenvalue weighted by atomic mass is 10.0. The molecule has 11 heteroatoms. The summed E-state index contributed by atoms with van der Waals surface area (Å²) in [5.41, 5.74) is 1.09. The predicted octanol–water partition coefficient (Wildman–Crippen LogP) is -0.123. The van der Waals surface area contributed by atoms with Gasteiger partial charge in [0, 0.05) is 45.3 Å². The number of fused-ring (bicyclic) bond motifs is 1. The first-order valence-corrected chi connectivity index (χ1v) is 11.4. The molecule has 0 bridgehead atoms. The standard InChI is InChI=1S/C24H24N6O5/c1-2-16-14-25-28(15-16)11-8-27-9-12-29(13-10-27)35-19-5-3-4-17-21(19)24(34)30(23(17)33)18-6-7-20(31)26-22(18)32/h1,3-5,14-15,18H,6-13H2,(H,26,31,32). The number of nitrogens with zero attached hydrogens (tertiary/aromatic N) is 5. The molecule has 0 saturated carbocycles. The molecule has 0 aliphatic carbocycles. The van der Waals surface area contributed by atoms with Crippen LogP contribution in [0.2, 0.25) is 0 Å². The maximum absolute atomic E-state index is 13.2. The Labute approximate surface area is 201 Å². The van der Waals surface area contributed by atoms with E-state index < -0.39 is 29.7 Å². The Morgan fingerprint density at radius 1 is 1.09 bits per heavy atom. The second kappa shape index (κ2) is 9.32. The average Bonchev–Trinajstić information content (AvgIpc) is 3.42. The van der Waals surface area contributed by atoms with E-state index in [-0.39, 0.29) is 29.7 Å². The molecule has 2 saturated heterocycles. The van der Waals surface area contributed by atoms with Crippen LogP contribution in [0.15, 0.2) is 30.6 Å². The van der Waals surface area contributed by atoms with Gasteiger partial charge in [0.1, 0.15) is 6.04 Å². The largest absolute Gasteiger partial charge is 0.405 e. The summed E-state index contributed by atoms with van der Waals surface area (Å²) < 4.78 is 1.82. The van der Waals surface area contributed by atoms with E-state index in [4.69, 9.17) is 11.3 Å². The molecular weight excluding hydrogens is 452 g/mol. The summed E-state index contributed by atoms with van der Waals surface area (Å²) in [4.78, 5) is 59.2. The molecule has 1 aromatic carbocycles. The third kappa shape index (κ3) is 4.41. The van der Waals surface area contributed by atoms with E-state index in [2.05, 4.69) is 21.2 Å². The monoisotopic (exact) mass is 476 g/mol. The highest BCUT2D eigenvalue weighted by molar-refractivity contribution is 6.24. The van der Waals surface area contributed by atoms with Crippen LogP contribution in [0.1, 0.15) is 39.1 Å². The van der Waals surface area contributed by atoms with Crippen LogP contribution in [0, 0.1) is 12.3 Å².